The van der Waals surface area contributed by atoms with Gasteiger partial charge in [-0.15, -0.1) is 24.0 Å². The van der Waals surface area contributed by atoms with E-state index in [2.05, 4.69) is 15.2 Å². The van der Waals surface area contributed by atoms with Crippen molar-refractivity contribution in [2.45, 2.75) is 6.42 Å². The van der Waals surface area contributed by atoms with Crippen LogP contribution in [-0.2, 0) is 6.42 Å². The number of guanidine groups is 1. The van der Waals surface area contributed by atoms with E-state index in [0.29, 0.717) is 0 Å². The van der Waals surface area contributed by atoms with Crippen molar-refractivity contribution in [3.05, 3.63) is 35.6 Å². The Morgan fingerprint density at radius 1 is 1.35 bits per heavy atom. The van der Waals surface area contributed by atoms with Crippen molar-refractivity contribution < 1.29 is 4.39 Å². The third-order valence-corrected chi connectivity index (χ3v) is 2.67. The van der Waals surface area contributed by atoms with Crippen LogP contribution in [0.5, 0.6) is 0 Å². The molecule has 2 rings (SSSR count). The molecule has 0 unspecified atom stereocenters. The van der Waals surface area contributed by atoms with Crippen molar-refractivity contribution in [1.29, 1.82) is 0 Å². The van der Waals surface area contributed by atoms with Crippen molar-refractivity contribution >= 4 is 29.9 Å². The van der Waals surface area contributed by atoms with Crippen LogP contribution in [0.4, 0.5) is 4.39 Å². The van der Waals surface area contributed by atoms with E-state index >= 15 is 0 Å². The average Bonchev–Trinajstić information content (AvgIpc) is 2.68. The molecule has 1 aliphatic heterocycles. The van der Waals surface area contributed by atoms with Crippen molar-refractivity contribution in [1.82, 2.24) is 10.2 Å². The Bertz CT molecular complexity index is 378. The molecule has 0 bridgehead atoms. The first-order chi connectivity index (χ1) is 7.75. The summed E-state index contributed by atoms with van der Waals surface area (Å²) in [7, 11) is 2.02. The number of rotatable bonds is 3. The first-order valence-corrected chi connectivity index (χ1v) is 5.49. The second-order valence-corrected chi connectivity index (χ2v) is 3.93. The average molecular weight is 349 g/mol. The Morgan fingerprint density at radius 2 is 2.06 bits per heavy atom. The van der Waals surface area contributed by atoms with Gasteiger partial charge in [-0.25, -0.2) is 4.39 Å². The van der Waals surface area contributed by atoms with E-state index in [1.165, 1.54) is 12.1 Å². The molecule has 1 aromatic rings. The Morgan fingerprint density at radius 3 is 2.65 bits per heavy atom. The molecule has 0 amide bonds. The summed E-state index contributed by atoms with van der Waals surface area (Å²) in [5.74, 6) is 0.777. The molecule has 0 atom stereocenters. The summed E-state index contributed by atoms with van der Waals surface area (Å²) < 4.78 is 12.7. The molecule has 0 aromatic heterocycles. The van der Waals surface area contributed by atoms with Crippen LogP contribution in [0.2, 0.25) is 0 Å². The molecule has 17 heavy (non-hydrogen) atoms. The van der Waals surface area contributed by atoms with Gasteiger partial charge in [0.15, 0.2) is 5.96 Å². The van der Waals surface area contributed by atoms with Crippen LogP contribution < -0.4 is 5.32 Å². The molecule has 0 aliphatic carbocycles. The lowest BCUT2D eigenvalue weighted by Gasteiger charge is -2.15. The predicted octanol–water partition coefficient (Wildman–Crippen LogP) is 1.88. The number of likely N-dealkylation sites (N-methyl/N-ethyl adjacent to an activating group) is 1. The summed E-state index contributed by atoms with van der Waals surface area (Å²) >= 11 is 0. The van der Waals surface area contributed by atoms with Crippen LogP contribution in [0.1, 0.15) is 5.56 Å². The van der Waals surface area contributed by atoms with E-state index in [0.717, 1.165) is 37.6 Å². The molecule has 0 radical (unpaired) electrons. The first-order valence-electron chi connectivity index (χ1n) is 5.49. The van der Waals surface area contributed by atoms with Crippen molar-refractivity contribution in [3.8, 4) is 0 Å². The van der Waals surface area contributed by atoms with Crippen LogP contribution in [0.25, 0.3) is 0 Å². The number of aliphatic imine (C=N–C) groups is 1. The van der Waals surface area contributed by atoms with Gasteiger partial charge >= 0.3 is 0 Å². The number of hydrogen-bond acceptors (Lipinski definition) is 3. The highest BCUT2D eigenvalue weighted by Crippen LogP contribution is 2.03. The fourth-order valence-corrected chi connectivity index (χ4v) is 1.69. The van der Waals surface area contributed by atoms with Gasteiger partial charge in [-0.1, -0.05) is 12.1 Å². The summed E-state index contributed by atoms with van der Waals surface area (Å²) in [6, 6.07) is 6.62. The normalized spacial score (nSPS) is 14.2. The Labute approximate surface area is 118 Å². The van der Waals surface area contributed by atoms with Gasteiger partial charge in [0.25, 0.3) is 0 Å². The quantitative estimate of drug-likeness (QED) is 0.844. The number of nitrogens with zero attached hydrogens (tertiary/aromatic N) is 2. The number of nitrogens with one attached hydrogen (secondary N) is 1. The topological polar surface area (TPSA) is 27.6 Å². The second-order valence-electron chi connectivity index (χ2n) is 3.93. The summed E-state index contributed by atoms with van der Waals surface area (Å²) in [6.07, 6.45) is 0.882. The highest BCUT2D eigenvalue weighted by Gasteiger charge is 2.10. The van der Waals surface area contributed by atoms with Crippen molar-refractivity contribution in [2.75, 3.05) is 26.7 Å². The molecule has 1 aliphatic rings. The zero-order valence-electron chi connectivity index (χ0n) is 9.82. The summed E-state index contributed by atoms with van der Waals surface area (Å²) in [4.78, 5) is 6.44. The molecule has 94 valence electrons. The van der Waals surface area contributed by atoms with E-state index in [-0.39, 0.29) is 29.8 Å². The largest absolute Gasteiger partial charge is 0.356 e. The highest BCUT2D eigenvalue weighted by atomic mass is 127. The zero-order valence-corrected chi connectivity index (χ0v) is 12.1. The van der Waals surface area contributed by atoms with Crippen LogP contribution in [-0.4, -0.2) is 37.5 Å². The molecule has 0 saturated carbocycles. The van der Waals surface area contributed by atoms with E-state index in [1.54, 1.807) is 0 Å². The summed E-state index contributed by atoms with van der Waals surface area (Å²) in [5.41, 5.74) is 1.13. The van der Waals surface area contributed by atoms with Crippen molar-refractivity contribution in [3.63, 3.8) is 0 Å². The Hall–Kier alpha value is -0.850. The molecule has 5 heteroatoms. The maximum Gasteiger partial charge on any atom is 0.193 e. The Balaban J connectivity index is 0.00000144. The molecule has 3 nitrogen and oxygen atoms in total. The van der Waals surface area contributed by atoms with Gasteiger partial charge in [-0.05, 0) is 24.1 Å². The van der Waals surface area contributed by atoms with Crippen LogP contribution in [0, 0.1) is 5.82 Å². The SMILES string of the molecule is CN1CCN=C1NCCc1ccc(F)cc1.I. The molecular weight excluding hydrogens is 332 g/mol. The molecule has 0 fully saturated rings. The smallest absolute Gasteiger partial charge is 0.193 e. The fraction of sp³-hybridized carbons (Fsp3) is 0.417. The molecule has 1 N–H and O–H groups in total. The van der Waals surface area contributed by atoms with Gasteiger partial charge in [-0.3, -0.25) is 4.99 Å². The molecular formula is C12H17FIN3. The lowest BCUT2D eigenvalue weighted by atomic mass is 10.1. The third kappa shape index (κ3) is 4.14. The van der Waals surface area contributed by atoms with Gasteiger partial charge in [0.05, 0.1) is 6.54 Å². The third-order valence-electron chi connectivity index (χ3n) is 2.67. The van der Waals surface area contributed by atoms with Crippen molar-refractivity contribution in [2.24, 2.45) is 4.99 Å². The predicted molar refractivity (Wildman–Crippen MR) is 78.5 cm³/mol. The number of halogens is 2. The van der Waals surface area contributed by atoms with Gasteiger partial charge in [-0.2, -0.15) is 0 Å². The van der Waals surface area contributed by atoms with E-state index in [1.807, 2.05) is 19.2 Å². The minimum absolute atomic E-state index is 0. The maximum absolute atomic E-state index is 12.7. The van der Waals surface area contributed by atoms with Crippen LogP contribution in [0.3, 0.4) is 0 Å². The lowest BCUT2D eigenvalue weighted by Crippen LogP contribution is -2.36. The van der Waals surface area contributed by atoms with Gasteiger partial charge in [0, 0.05) is 20.1 Å². The van der Waals surface area contributed by atoms with Crippen LogP contribution >= 0.6 is 24.0 Å². The molecule has 1 aromatic carbocycles. The minimum atomic E-state index is -0.184. The summed E-state index contributed by atoms with van der Waals surface area (Å²) in [6.45, 7) is 2.68. The highest BCUT2D eigenvalue weighted by molar-refractivity contribution is 14.0. The maximum atomic E-state index is 12.7. The number of hydrogen-bond donors (Lipinski definition) is 1. The minimum Gasteiger partial charge on any atom is -0.356 e. The van der Waals surface area contributed by atoms with E-state index in [4.69, 9.17) is 0 Å². The lowest BCUT2D eigenvalue weighted by molar-refractivity contribution is 0.534. The van der Waals surface area contributed by atoms with Gasteiger partial charge < -0.3 is 10.2 Å². The fourth-order valence-electron chi connectivity index (χ4n) is 1.69. The monoisotopic (exact) mass is 349 g/mol. The molecule has 0 spiro atoms. The number of benzene rings is 1. The summed E-state index contributed by atoms with van der Waals surface area (Å²) in [5, 5.41) is 3.28. The zero-order chi connectivity index (χ0) is 11.4. The van der Waals surface area contributed by atoms with Crippen LogP contribution in [0.15, 0.2) is 29.3 Å². The second kappa shape index (κ2) is 6.78. The van der Waals surface area contributed by atoms with E-state index in [9.17, 15) is 4.39 Å². The Kier molecular flexibility index (Phi) is 5.67. The van der Waals surface area contributed by atoms with Gasteiger partial charge in [0.2, 0.25) is 0 Å². The van der Waals surface area contributed by atoms with E-state index < -0.39 is 0 Å². The first kappa shape index (κ1) is 14.2. The molecule has 1 heterocycles. The van der Waals surface area contributed by atoms with Gasteiger partial charge in [0.1, 0.15) is 5.82 Å². The standard InChI is InChI=1S/C12H16FN3.HI/c1-16-9-8-15-12(16)14-7-6-10-2-4-11(13)5-3-10;/h2-5H,6-9H2,1H3,(H,14,15);1H. The molecule has 0 saturated heterocycles.